The predicted octanol–water partition coefficient (Wildman–Crippen LogP) is 3.59. The normalized spacial score (nSPS) is 10.8. The average molecular weight is 344 g/mol. The second-order valence-corrected chi connectivity index (χ2v) is 8.49. The van der Waals surface area contributed by atoms with Crippen molar-refractivity contribution < 1.29 is 0 Å². The Bertz CT molecular complexity index is 398. The van der Waals surface area contributed by atoms with Gasteiger partial charge >= 0.3 is 111 Å². The van der Waals surface area contributed by atoms with E-state index in [0.29, 0.717) is 29.0 Å². The monoisotopic (exact) mass is 346 g/mol. The second kappa shape index (κ2) is 6.67. The second-order valence-electron chi connectivity index (χ2n) is 4.05. The van der Waals surface area contributed by atoms with Crippen LogP contribution in [0.2, 0.25) is 0 Å². The van der Waals surface area contributed by atoms with Crippen LogP contribution in [0.3, 0.4) is 0 Å². The quantitative estimate of drug-likeness (QED) is 0.555. The van der Waals surface area contributed by atoms with Gasteiger partial charge in [0.05, 0.1) is 0 Å². The van der Waals surface area contributed by atoms with Gasteiger partial charge in [-0.2, -0.15) is 0 Å². The van der Waals surface area contributed by atoms with Crippen molar-refractivity contribution in [2.45, 2.75) is 39.0 Å². The van der Waals surface area contributed by atoms with Crippen LogP contribution in [-0.4, -0.2) is 29.0 Å². The molecular weight excluding hydrogens is 326 g/mol. The van der Waals surface area contributed by atoms with E-state index >= 15 is 0 Å². The summed E-state index contributed by atoms with van der Waals surface area (Å²) in [6, 6.07) is 9.28. The Morgan fingerprint density at radius 1 is 1.00 bits per heavy atom. The molecule has 0 fully saturated rings. The van der Waals surface area contributed by atoms with Crippen LogP contribution in [-0.2, 0) is 6.42 Å². The van der Waals surface area contributed by atoms with Gasteiger partial charge in [-0.05, 0) is 0 Å². The van der Waals surface area contributed by atoms with Crippen LogP contribution in [0, 0.1) is 0 Å². The van der Waals surface area contributed by atoms with Crippen molar-refractivity contribution >= 4 is 29.0 Å². The number of aryl methyl sites for hydroxylation is 1. The Morgan fingerprint density at radius 3 is 2.69 bits per heavy atom. The Kier molecular flexibility index (Phi) is 5.19. The minimum absolute atomic E-state index is 0.624. The third-order valence-electron chi connectivity index (χ3n) is 2.70. The molecule has 86 valence electrons. The summed E-state index contributed by atoms with van der Waals surface area (Å²) in [6.07, 6.45) is 6.89. The van der Waals surface area contributed by atoms with Crippen molar-refractivity contribution in [2.24, 2.45) is 0 Å². The standard InChI is InChI=1S/C14H18Se2/c1-2-3-4-5-7-12-9-10-14(16-12)13-8-6-11-15-13/h6,8-11H,2-5,7H2,1H3. The Hall–Kier alpha value is -0.00104. The summed E-state index contributed by atoms with van der Waals surface area (Å²) in [4.78, 5) is 2.32. The average Bonchev–Trinajstić information content (AvgIpc) is 2.94. The molecule has 0 saturated carbocycles. The maximum absolute atomic E-state index is 2.39. The number of hydrogen-bond donors (Lipinski definition) is 0. The van der Waals surface area contributed by atoms with Gasteiger partial charge in [0, 0.05) is 0 Å². The zero-order valence-corrected chi connectivity index (χ0v) is 13.2. The third kappa shape index (κ3) is 3.50. The first-order valence-corrected chi connectivity index (χ1v) is 9.58. The van der Waals surface area contributed by atoms with Gasteiger partial charge in [-0.15, -0.1) is 0 Å². The fourth-order valence-electron chi connectivity index (χ4n) is 1.79. The molecule has 0 aliphatic heterocycles. The Labute approximate surface area is 110 Å². The van der Waals surface area contributed by atoms with Crippen molar-refractivity contribution in [2.75, 3.05) is 0 Å². The molecule has 0 saturated heterocycles. The van der Waals surface area contributed by atoms with Crippen molar-refractivity contribution in [3.63, 3.8) is 0 Å². The number of unbranched alkanes of at least 4 members (excludes halogenated alkanes) is 3. The zero-order valence-electron chi connectivity index (χ0n) is 9.74. The molecule has 2 aromatic rings. The summed E-state index contributed by atoms with van der Waals surface area (Å²) < 4.78 is 4.97. The van der Waals surface area contributed by atoms with Crippen molar-refractivity contribution in [3.8, 4) is 8.87 Å². The molecule has 2 aromatic heterocycles. The Morgan fingerprint density at radius 2 is 1.94 bits per heavy atom. The summed E-state index contributed by atoms with van der Waals surface area (Å²) in [5, 5.41) is 0. The van der Waals surface area contributed by atoms with Crippen molar-refractivity contribution in [1.29, 1.82) is 0 Å². The van der Waals surface area contributed by atoms with Crippen LogP contribution in [0.5, 0.6) is 0 Å². The van der Waals surface area contributed by atoms with Gasteiger partial charge in [0.25, 0.3) is 0 Å². The van der Waals surface area contributed by atoms with E-state index in [0.717, 1.165) is 0 Å². The van der Waals surface area contributed by atoms with Crippen LogP contribution in [0.15, 0.2) is 29.2 Å². The first-order valence-electron chi connectivity index (χ1n) is 6.02. The van der Waals surface area contributed by atoms with E-state index in [1.165, 1.54) is 32.1 Å². The molecule has 0 atom stereocenters. The Balaban J connectivity index is 1.88. The minimum atomic E-state index is 0.624. The third-order valence-corrected chi connectivity index (χ3v) is 7.72. The van der Waals surface area contributed by atoms with Crippen LogP contribution < -0.4 is 0 Å². The van der Waals surface area contributed by atoms with E-state index in [9.17, 15) is 0 Å². The molecule has 0 radical (unpaired) electrons. The first-order chi connectivity index (χ1) is 7.90. The molecule has 2 heterocycles. The molecule has 0 aliphatic rings. The topological polar surface area (TPSA) is 0 Å². The number of rotatable bonds is 6. The van der Waals surface area contributed by atoms with Gasteiger partial charge in [0.15, 0.2) is 0 Å². The summed E-state index contributed by atoms with van der Waals surface area (Å²) in [7, 11) is 0. The molecule has 2 rings (SSSR count). The molecule has 0 amide bonds. The summed E-state index contributed by atoms with van der Waals surface area (Å²) in [5.74, 6) is 0. The molecular formula is C14H18Se2. The van der Waals surface area contributed by atoms with Gasteiger partial charge in [0.1, 0.15) is 0 Å². The maximum atomic E-state index is 2.39. The van der Waals surface area contributed by atoms with Crippen LogP contribution >= 0.6 is 0 Å². The molecule has 0 unspecified atom stereocenters. The molecule has 0 aromatic carbocycles. The zero-order chi connectivity index (χ0) is 11.2. The summed E-state index contributed by atoms with van der Waals surface area (Å²) in [6.45, 7) is 2.28. The predicted molar refractivity (Wildman–Crippen MR) is 73.6 cm³/mol. The van der Waals surface area contributed by atoms with Crippen LogP contribution in [0.25, 0.3) is 8.87 Å². The van der Waals surface area contributed by atoms with Gasteiger partial charge in [-0.1, -0.05) is 0 Å². The fraction of sp³-hybridized carbons (Fsp3) is 0.429. The van der Waals surface area contributed by atoms with Gasteiger partial charge in [-0.25, -0.2) is 0 Å². The van der Waals surface area contributed by atoms with E-state index in [1.54, 1.807) is 13.3 Å². The van der Waals surface area contributed by atoms with E-state index in [2.05, 4.69) is 36.1 Å². The summed E-state index contributed by atoms with van der Waals surface area (Å²) >= 11 is 1.27. The molecule has 0 nitrogen and oxygen atoms in total. The van der Waals surface area contributed by atoms with E-state index < -0.39 is 0 Å². The SMILES string of the molecule is CCCCCCc1ccc(-c2ccc[se]2)[se]1. The van der Waals surface area contributed by atoms with Gasteiger partial charge in [-0.3, -0.25) is 0 Å². The molecule has 0 N–H and O–H groups in total. The van der Waals surface area contributed by atoms with E-state index in [1.807, 2.05) is 0 Å². The molecule has 16 heavy (non-hydrogen) atoms. The van der Waals surface area contributed by atoms with Crippen LogP contribution in [0.1, 0.15) is 37.0 Å². The number of hydrogen-bond acceptors (Lipinski definition) is 0. The fourth-order valence-corrected chi connectivity index (χ4v) is 6.16. The molecule has 2 heteroatoms. The molecule has 0 aliphatic carbocycles. The van der Waals surface area contributed by atoms with E-state index in [-0.39, 0.29) is 0 Å². The van der Waals surface area contributed by atoms with Crippen LogP contribution in [0.4, 0.5) is 0 Å². The van der Waals surface area contributed by atoms with E-state index in [4.69, 9.17) is 0 Å². The van der Waals surface area contributed by atoms with Crippen molar-refractivity contribution in [3.05, 3.63) is 33.6 Å². The van der Waals surface area contributed by atoms with Gasteiger partial charge < -0.3 is 0 Å². The molecule has 0 spiro atoms. The first kappa shape index (κ1) is 12.5. The van der Waals surface area contributed by atoms with Gasteiger partial charge in [0.2, 0.25) is 0 Å². The van der Waals surface area contributed by atoms with Crippen molar-refractivity contribution in [1.82, 2.24) is 0 Å². The molecule has 0 bridgehead atoms. The summed E-state index contributed by atoms with van der Waals surface area (Å²) in [5.41, 5.74) is 0.